The normalized spacial score (nSPS) is 11.7. The van der Waals surface area contributed by atoms with Crippen LogP contribution in [0.3, 0.4) is 0 Å². The molecule has 2 aromatic carbocycles. The molecule has 2 N–H and O–H groups in total. The van der Waals surface area contributed by atoms with Crippen LogP contribution in [0.15, 0.2) is 51.8 Å². The second-order valence-electron chi connectivity index (χ2n) is 5.42. The van der Waals surface area contributed by atoms with Crippen molar-refractivity contribution in [2.24, 2.45) is 0 Å². The summed E-state index contributed by atoms with van der Waals surface area (Å²) in [7, 11) is 0. The number of carbonyl (C=O) groups excluding carboxylic acids is 2. The Bertz CT molecular complexity index is 768. The number of halogens is 2. The predicted octanol–water partition coefficient (Wildman–Crippen LogP) is 4.86. The van der Waals surface area contributed by atoms with Gasteiger partial charge in [-0.15, -0.1) is 11.8 Å². The van der Waals surface area contributed by atoms with Gasteiger partial charge < -0.3 is 10.6 Å². The second kappa shape index (κ2) is 9.27. The number of rotatable bonds is 6. The van der Waals surface area contributed by atoms with Crippen molar-refractivity contribution in [2.75, 3.05) is 5.32 Å². The molecule has 25 heavy (non-hydrogen) atoms. The molecule has 0 saturated heterocycles. The molecule has 0 bridgehead atoms. The molecule has 0 radical (unpaired) electrons. The SMILES string of the molecule is CC(=O)Nc1ccc(SC(C)C(=O)NCc2ccc(Br)cc2Cl)cc1. The van der Waals surface area contributed by atoms with Crippen LogP contribution in [0.2, 0.25) is 5.02 Å². The van der Waals surface area contributed by atoms with E-state index < -0.39 is 0 Å². The van der Waals surface area contributed by atoms with E-state index in [9.17, 15) is 9.59 Å². The van der Waals surface area contributed by atoms with Crippen LogP contribution in [-0.2, 0) is 16.1 Å². The lowest BCUT2D eigenvalue weighted by Crippen LogP contribution is -2.30. The summed E-state index contributed by atoms with van der Waals surface area (Å²) in [6.07, 6.45) is 0. The maximum Gasteiger partial charge on any atom is 0.233 e. The number of carbonyl (C=O) groups is 2. The number of nitrogens with one attached hydrogen (secondary N) is 2. The van der Waals surface area contributed by atoms with E-state index in [1.54, 1.807) is 6.07 Å². The summed E-state index contributed by atoms with van der Waals surface area (Å²) in [5.41, 5.74) is 1.61. The Labute approximate surface area is 164 Å². The molecule has 132 valence electrons. The fourth-order valence-corrected chi connectivity index (χ4v) is 3.70. The summed E-state index contributed by atoms with van der Waals surface area (Å²) in [5.74, 6) is -0.172. The van der Waals surface area contributed by atoms with Crippen molar-refractivity contribution >= 4 is 56.8 Å². The zero-order valence-corrected chi connectivity index (χ0v) is 17.0. The number of benzene rings is 2. The Morgan fingerprint density at radius 3 is 2.48 bits per heavy atom. The van der Waals surface area contributed by atoms with E-state index >= 15 is 0 Å². The minimum absolute atomic E-state index is 0.0603. The van der Waals surface area contributed by atoms with Crippen molar-refractivity contribution < 1.29 is 9.59 Å². The Morgan fingerprint density at radius 2 is 1.88 bits per heavy atom. The molecule has 0 spiro atoms. The first-order chi connectivity index (χ1) is 11.8. The molecule has 2 rings (SSSR count). The van der Waals surface area contributed by atoms with Crippen LogP contribution in [0.4, 0.5) is 5.69 Å². The van der Waals surface area contributed by atoms with E-state index in [-0.39, 0.29) is 17.1 Å². The van der Waals surface area contributed by atoms with Crippen LogP contribution < -0.4 is 10.6 Å². The number of amides is 2. The molecule has 0 aliphatic heterocycles. The maximum atomic E-state index is 12.3. The highest BCUT2D eigenvalue weighted by Crippen LogP contribution is 2.25. The standard InChI is InChI=1S/C18H18BrClN2O2S/c1-11(25-16-7-5-15(6-8-16)22-12(2)23)18(24)21-10-13-3-4-14(19)9-17(13)20/h3-9,11H,10H2,1-2H3,(H,21,24)(H,22,23). The first-order valence-electron chi connectivity index (χ1n) is 7.61. The van der Waals surface area contributed by atoms with Crippen molar-refractivity contribution in [3.8, 4) is 0 Å². The van der Waals surface area contributed by atoms with Crippen LogP contribution in [0, 0.1) is 0 Å². The van der Waals surface area contributed by atoms with Gasteiger partial charge in [0.1, 0.15) is 0 Å². The molecule has 0 saturated carbocycles. The number of hydrogen-bond acceptors (Lipinski definition) is 3. The van der Waals surface area contributed by atoms with E-state index in [0.29, 0.717) is 11.6 Å². The molecule has 0 aromatic heterocycles. The number of thioether (sulfide) groups is 1. The van der Waals surface area contributed by atoms with Gasteiger partial charge in [-0.2, -0.15) is 0 Å². The van der Waals surface area contributed by atoms with Gasteiger partial charge in [0.25, 0.3) is 0 Å². The summed E-state index contributed by atoms with van der Waals surface area (Å²) >= 11 is 11.0. The summed E-state index contributed by atoms with van der Waals surface area (Å²) in [6.45, 7) is 3.70. The molecule has 0 fully saturated rings. The molecule has 1 atom stereocenters. The Balaban J connectivity index is 1.88. The molecular formula is C18H18BrClN2O2S. The zero-order valence-electron chi connectivity index (χ0n) is 13.8. The molecule has 0 aliphatic carbocycles. The van der Waals surface area contributed by atoms with Crippen LogP contribution in [-0.4, -0.2) is 17.1 Å². The van der Waals surface area contributed by atoms with Crippen LogP contribution in [0.1, 0.15) is 19.4 Å². The van der Waals surface area contributed by atoms with Gasteiger partial charge in [-0.1, -0.05) is 33.6 Å². The third-order valence-corrected chi connectivity index (χ3v) is 5.28. The van der Waals surface area contributed by atoms with Gasteiger partial charge in [-0.05, 0) is 48.9 Å². The highest BCUT2D eigenvalue weighted by atomic mass is 79.9. The third-order valence-electron chi connectivity index (χ3n) is 3.32. The second-order valence-corrected chi connectivity index (χ2v) is 8.16. The Morgan fingerprint density at radius 1 is 1.20 bits per heavy atom. The van der Waals surface area contributed by atoms with Crippen molar-refractivity contribution in [3.63, 3.8) is 0 Å². The minimum atomic E-state index is -0.249. The molecule has 2 aromatic rings. The van der Waals surface area contributed by atoms with Crippen molar-refractivity contribution in [1.82, 2.24) is 5.32 Å². The molecule has 0 aliphatic rings. The summed E-state index contributed by atoms with van der Waals surface area (Å²) in [6, 6.07) is 13.0. The lowest BCUT2D eigenvalue weighted by atomic mass is 10.2. The van der Waals surface area contributed by atoms with Gasteiger partial charge >= 0.3 is 0 Å². The monoisotopic (exact) mass is 440 g/mol. The Kier molecular flexibility index (Phi) is 7.35. The fraction of sp³-hybridized carbons (Fsp3) is 0.222. The largest absolute Gasteiger partial charge is 0.351 e. The van der Waals surface area contributed by atoms with E-state index in [1.807, 2.05) is 43.3 Å². The van der Waals surface area contributed by atoms with Gasteiger partial charge in [0.15, 0.2) is 0 Å². The molecule has 7 heteroatoms. The van der Waals surface area contributed by atoms with Crippen molar-refractivity contribution in [2.45, 2.75) is 30.5 Å². The lowest BCUT2D eigenvalue weighted by Gasteiger charge is -2.13. The minimum Gasteiger partial charge on any atom is -0.351 e. The fourth-order valence-electron chi connectivity index (χ4n) is 2.07. The average Bonchev–Trinajstić information content (AvgIpc) is 2.55. The Hall–Kier alpha value is -1.50. The maximum absolute atomic E-state index is 12.3. The van der Waals surface area contributed by atoms with Gasteiger partial charge in [0, 0.05) is 33.5 Å². The molecule has 4 nitrogen and oxygen atoms in total. The summed E-state index contributed by atoms with van der Waals surface area (Å²) < 4.78 is 0.902. The third kappa shape index (κ3) is 6.38. The molecular weight excluding hydrogens is 424 g/mol. The summed E-state index contributed by atoms with van der Waals surface area (Å²) in [4.78, 5) is 24.2. The van der Waals surface area contributed by atoms with E-state index in [2.05, 4.69) is 26.6 Å². The lowest BCUT2D eigenvalue weighted by molar-refractivity contribution is -0.120. The van der Waals surface area contributed by atoms with Gasteiger partial charge in [0.05, 0.1) is 5.25 Å². The predicted molar refractivity (Wildman–Crippen MR) is 107 cm³/mol. The van der Waals surface area contributed by atoms with Gasteiger partial charge in [0.2, 0.25) is 11.8 Å². The first kappa shape index (κ1) is 19.8. The molecule has 0 heterocycles. The topological polar surface area (TPSA) is 58.2 Å². The van der Waals surface area contributed by atoms with E-state index in [0.717, 1.165) is 20.6 Å². The van der Waals surface area contributed by atoms with Crippen LogP contribution in [0.5, 0.6) is 0 Å². The highest BCUT2D eigenvalue weighted by Gasteiger charge is 2.14. The van der Waals surface area contributed by atoms with Crippen LogP contribution in [0.25, 0.3) is 0 Å². The van der Waals surface area contributed by atoms with E-state index in [1.165, 1.54) is 18.7 Å². The highest BCUT2D eigenvalue weighted by molar-refractivity contribution is 9.10. The average molecular weight is 442 g/mol. The summed E-state index contributed by atoms with van der Waals surface area (Å²) in [5, 5.41) is 5.98. The molecule has 1 unspecified atom stereocenters. The molecule has 2 amide bonds. The van der Waals surface area contributed by atoms with Crippen molar-refractivity contribution in [1.29, 1.82) is 0 Å². The number of hydrogen-bond donors (Lipinski definition) is 2. The number of anilines is 1. The van der Waals surface area contributed by atoms with Crippen molar-refractivity contribution in [3.05, 3.63) is 57.5 Å². The van der Waals surface area contributed by atoms with Crippen LogP contribution >= 0.6 is 39.3 Å². The van der Waals surface area contributed by atoms with Gasteiger partial charge in [-0.3, -0.25) is 9.59 Å². The zero-order chi connectivity index (χ0) is 18.4. The first-order valence-corrected chi connectivity index (χ1v) is 9.66. The van der Waals surface area contributed by atoms with E-state index in [4.69, 9.17) is 11.6 Å². The quantitative estimate of drug-likeness (QED) is 0.630. The van der Waals surface area contributed by atoms with Gasteiger partial charge in [-0.25, -0.2) is 0 Å². The smallest absolute Gasteiger partial charge is 0.233 e.